The van der Waals surface area contributed by atoms with Crippen molar-refractivity contribution in [2.24, 2.45) is 0 Å². The van der Waals surface area contributed by atoms with E-state index in [1.807, 2.05) is 41.3 Å². The van der Waals surface area contributed by atoms with Gasteiger partial charge in [0, 0.05) is 42.2 Å². The summed E-state index contributed by atoms with van der Waals surface area (Å²) in [5, 5.41) is 1.72. The fourth-order valence-electron chi connectivity index (χ4n) is 4.57. The molecule has 5 nitrogen and oxygen atoms in total. The van der Waals surface area contributed by atoms with Crippen molar-refractivity contribution in [3.8, 4) is 0 Å². The molecule has 0 radical (unpaired) electrons. The van der Waals surface area contributed by atoms with Gasteiger partial charge < -0.3 is 14.1 Å². The molecule has 2 aliphatic heterocycles. The molecule has 6 heteroatoms. The molecule has 3 aromatic rings. The number of fused-ring (bicyclic) bond motifs is 1. The number of amides is 1. The van der Waals surface area contributed by atoms with Crippen LogP contribution >= 0.6 is 11.6 Å². The van der Waals surface area contributed by atoms with Gasteiger partial charge in [0.2, 0.25) is 0 Å². The van der Waals surface area contributed by atoms with Crippen LogP contribution in [0.2, 0.25) is 5.02 Å². The van der Waals surface area contributed by atoms with Crippen molar-refractivity contribution in [2.45, 2.75) is 25.0 Å². The number of halogens is 1. The second kappa shape index (κ2) is 8.06. The first-order valence-electron chi connectivity index (χ1n) is 10.5. The van der Waals surface area contributed by atoms with E-state index in [0.29, 0.717) is 25.3 Å². The molecular weight excluding hydrogens is 400 g/mol. The monoisotopic (exact) mass is 424 g/mol. The Morgan fingerprint density at radius 3 is 2.63 bits per heavy atom. The molecule has 1 spiro atoms. The van der Waals surface area contributed by atoms with Gasteiger partial charge in [0.1, 0.15) is 5.58 Å². The molecular formula is C24H25ClN2O3. The number of ether oxygens (including phenoxy) is 1. The molecule has 0 N–H and O–H groups in total. The van der Waals surface area contributed by atoms with Crippen LogP contribution in [-0.4, -0.2) is 54.1 Å². The molecule has 30 heavy (non-hydrogen) atoms. The van der Waals surface area contributed by atoms with E-state index < -0.39 is 0 Å². The molecule has 0 atom stereocenters. The molecule has 2 saturated heterocycles. The lowest BCUT2D eigenvalue weighted by molar-refractivity contribution is -0.127. The highest BCUT2D eigenvalue weighted by atomic mass is 35.5. The lowest BCUT2D eigenvalue weighted by atomic mass is 9.89. The van der Waals surface area contributed by atoms with Gasteiger partial charge in [-0.3, -0.25) is 9.69 Å². The number of morpholine rings is 1. The molecule has 5 rings (SSSR count). The van der Waals surface area contributed by atoms with Gasteiger partial charge >= 0.3 is 0 Å². The maximum Gasteiger partial charge on any atom is 0.254 e. The Bertz CT molecular complexity index is 1040. The van der Waals surface area contributed by atoms with Crippen LogP contribution in [0.1, 0.15) is 28.8 Å². The Morgan fingerprint density at radius 1 is 1.03 bits per heavy atom. The van der Waals surface area contributed by atoms with Crippen molar-refractivity contribution in [3.05, 3.63) is 70.9 Å². The van der Waals surface area contributed by atoms with Crippen LogP contribution in [0.5, 0.6) is 0 Å². The lowest BCUT2D eigenvalue weighted by Crippen LogP contribution is -2.57. The van der Waals surface area contributed by atoms with E-state index in [4.69, 9.17) is 20.8 Å². The quantitative estimate of drug-likeness (QED) is 0.616. The summed E-state index contributed by atoms with van der Waals surface area (Å²) in [4.78, 5) is 17.6. The number of nitrogens with zero attached hydrogens (tertiary/aromatic N) is 2. The van der Waals surface area contributed by atoms with Gasteiger partial charge in [-0.25, -0.2) is 0 Å². The van der Waals surface area contributed by atoms with E-state index in [2.05, 4.69) is 17.0 Å². The maximum atomic E-state index is 13.1. The molecule has 1 amide bonds. The largest absolute Gasteiger partial charge is 0.464 e. The minimum absolute atomic E-state index is 0.0735. The van der Waals surface area contributed by atoms with Crippen molar-refractivity contribution in [1.29, 1.82) is 0 Å². The third-order valence-corrected chi connectivity index (χ3v) is 6.57. The van der Waals surface area contributed by atoms with Crippen LogP contribution < -0.4 is 0 Å². The Hall–Kier alpha value is -2.34. The predicted molar refractivity (Wildman–Crippen MR) is 117 cm³/mol. The van der Waals surface area contributed by atoms with Gasteiger partial charge in [-0.2, -0.15) is 0 Å². The minimum Gasteiger partial charge on any atom is -0.464 e. The third kappa shape index (κ3) is 3.97. The highest BCUT2D eigenvalue weighted by molar-refractivity contribution is 6.30. The third-order valence-electron chi connectivity index (χ3n) is 6.32. The van der Waals surface area contributed by atoms with Crippen LogP contribution in [0.25, 0.3) is 11.0 Å². The Labute approximate surface area is 181 Å². The van der Waals surface area contributed by atoms with Gasteiger partial charge in [-0.15, -0.1) is 0 Å². The molecule has 0 saturated carbocycles. The van der Waals surface area contributed by atoms with Crippen LogP contribution in [0.15, 0.2) is 59.2 Å². The number of rotatable bonds is 3. The molecule has 1 aromatic heterocycles. The van der Waals surface area contributed by atoms with Crippen molar-refractivity contribution in [2.75, 3.05) is 32.8 Å². The average Bonchev–Trinajstić information content (AvgIpc) is 3.25. The van der Waals surface area contributed by atoms with Crippen molar-refractivity contribution >= 4 is 28.5 Å². The van der Waals surface area contributed by atoms with Crippen LogP contribution in [0.3, 0.4) is 0 Å². The summed E-state index contributed by atoms with van der Waals surface area (Å²) >= 11 is 5.99. The predicted octanol–water partition coefficient (Wildman–Crippen LogP) is 4.59. The molecule has 156 valence electrons. The number of piperidine rings is 1. The van der Waals surface area contributed by atoms with Gasteiger partial charge in [-0.05, 0) is 54.8 Å². The highest BCUT2D eigenvalue weighted by Crippen LogP contribution is 2.31. The fraction of sp³-hybridized carbons (Fsp3) is 0.375. The Kier molecular flexibility index (Phi) is 5.27. The summed E-state index contributed by atoms with van der Waals surface area (Å²) < 4.78 is 11.6. The summed E-state index contributed by atoms with van der Waals surface area (Å²) in [6, 6.07) is 15.6. The molecule has 2 aromatic carbocycles. The first kappa shape index (κ1) is 19.6. The van der Waals surface area contributed by atoms with Crippen molar-refractivity contribution in [3.63, 3.8) is 0 Å². The van der Waals surface area contributed by atoms with E-state index in [1.165, 1.54) is 5.56 Å². The Balaban J connectivity index is 1.23. The van der Waals surface area contributed by atoms with E-state index in [1.54, 1.807) is 6.26 Å². The van der Waals surface area contributed by atoms with Crippen molar-refractivity contribution in [1.82, 2.24) is 9.80 Å². The number of furan rings is 1. The second-order valence-electron chi connectivity index (χ2n) is 8.33. The number of hydrogen-bond acceptors (Lipinski definition) is 4. The summed E-state index contributed by atoms with van der Waals surface area (Å²) in [7, 11) is 0. The SMILES string of the molecule is O=C(c1ccc2occc2c1)N1CCOC2(CCN(Cc3ccc(Cl)cc3)CC2)C1. The lowest BCUT2D eigenvalue weighted by Gasteiger charge is -2.47. The van der Waals surface area contributed by atoms with Crippen LogP contribution in [-0.2, 0) is 11.3 Å². The summed E-state index contributed by atoms with van der Waals surface area (Å²) in [6.45, 7) is 4.73. The van der Waals surface area contributed by atoms with E-state index in [-0.39, 0.29) is 11.5 Å². The van der Waals surface area contributed by atoms with Gasteiger partial charge in [0.05, 0.1) is 25.0 Å². The zero-order valence-corrected chi connectivity index (χ0v) is 17.6. The first-order chi connectivity index (χ1) is 14.6. The van der Waals surface area contributed by atoms with E-state index >= 15 is 0 Å². The van der Waals surface area contributed by atoms with Gasteiger partial charge in [-0.1, -0.05) is 23.7 Å². The number of carbonyl (C=O) groups excluding carboxylic acids is 1. The summed E-state index contributed by atoms with van der Waals surface area (Å²) in [5.41, 5.74) is 2.55. The molecule has 0 aliphatic carbocycles. The van der Waals surface area contributed by atoms with Gasteiger partial charge in [0.15, 0.2) is 0 Å². The van der Waals surface area contributed by atoms with Crippen LogP contribution in [0.4, 0.5) is 0 Å². The molecule has 2 fully saturated rings. The summed E-state index contributed by atoms with van der Waals surface area (Å²) in [5.74, 6) is 0.0735. The van der Waals surface area contributed by atoms with Crippen LogP contribution in [0, 0.1) is 0 Å². The standard InChI is InChI=1S/C24H25ClN2O3/c25-21-4-1-18(2-5-21)16-26-10-8-24(9-11-26)17-27(12-14-30-24)23(28)20-3-6-22-19(15-20)7-13-29-22/h1-7,13,15H,8-12,14,16-17H2. The fourth-order valence-corrected chi connectivity index (χ4v) is 4.70. The maximum absolute atomic E-state index is 13.1. The number of hydrogen-bond donors (Lipinski definition) is 0. The number of carbonyl (C=O) groups is 1. The minimum atomic E-state index is -0.232. The molecule has 0 unspecified atom stereocenters. The molecule has 0 bridgehead atoms. The van der Waals surface area contributed by atoms with Gasteiger partial charge in [0.25, 0.3) is 5.91 Å². The topological polar surface area (TPSA) is 45.9 Å². The smallest absolute Gasteiger partial charge is 0.254 e. The summed E-state index contributed by atoms with van der Waals surface area (Å²) in [6.07, 6.45) is 3.52. The zero-order chi connectivity index (χ0) is 20.6. The number of benzene rings is 2. The number of likely N-dealkylation sites (tertiary alicyclic amines) is 1. The van der Waals surface area contributed by atoms with E-state index in [0.717, 1.165) is 48.5 Å². The second-order valence-corrected chi connectivity index (χ2v) is 8.77. The zero-order valence-electron chi connectivity index (χ0n) is 16.9. The normalized spacial score (nSPS) is 19.4. The first-order valence-corrected chi connectivity index (χ1v) is 10.9. The molecule has 3 heterocycles. The van der Waals surface area contributed by atoms with Crippen molar-refractivity contribution < 1.29 is 13.9 Å². The Morgan fingerprint density at radius 2 is 1.83 bits per heavy atom. The highest BCUT2D eigenvalue weighted by Gasteiger charge is 2.41. The van der Waals surface area contributed by atoms with E-state index in [9.17, 15) is 4.79 Å². The average molecular weight is 425 g/mol. The molecule has 2 aliphatic rings.